The quantitative estimate of drug-likeness (QED) is 0.428. The Hall–Kier alpha value is -1.43. The lowest BCUT2D eigenvalue weighted by atomic mass is 10.2. The van der Waals surface area contributed by atoms with E-state index in [0.717, 1.165) is 0 Å². The molecular weight excluding hydrogens is 341 g/mol. The average Bonchev–Trinajstić information content (AvgIpc) is 2.31. The maximum atomic E-state index is 10.2. The van der Waals surface area contributed by atoms with Crippen molar-refractivity contribution in [3.63, 3.8) is 0 Å². The van der Waals surface area contributed by atoms with Crippen LogP contribution in [0.2, 0.25) is 0 Å². The summed E-state index contributed by atoms with van der Waals surface area (Å²) in [6.45, 7) is 3.80. The minimum atomic E-state index is -0.380. The van der Waals surface area contributed by atoms with E-state index in [-0.39, 0.29) is 34.6 Å². The Morgan fingerprint density at radius 3 is 1.72 bits per heavy atom. The van der Waals surface area contributed by atoms with Gasteiger partial charge in [-0.3, -0.25) is 10.1 Å². The van der Waals surface area contributed by atoms with Crippen molar-refractivity contribution in [3.8, 4) is 0 Å². The second-order valence-corrected chi connectivity index (χ2v) is 3.70. The van der Waals surface area contributed by atoms with Crippen LogP contribution in [0.1, 0.15) is 11.1 Å². The lowest BCUT2D eigenvalue weighted by molar-refractivity contribution is -0.385. The van der Waals surface area contributed by atoms with Crippen molar-refractivity contribution in [1.29, 1.82) is 0 Å². The summed E-state index contributed by atoms with van der Waals surface area (Å²) >= 11 is 0. The van der Waals surface area contributed by atoms with Gasteiger partial charge in [0.2, 0.25) is 0 Å². The minimum Gasteiger partial charge on any atom is -0.258 e. The Morgan fingerprint density at radius 2 is 1.39 bits per heavy atom. The monoisotopic (exact) mass is 357 g/mol. The number of rotatable bonds is 1. The molecule has 0 N–H and O–H groups in total. The number of halogens is 1. The van der Waals surface area contributed by atoms with Gasteiger partial charge in [-0.1, -0.05) is 54.1 Å². The van der Waals surface area contributed by atoms with E-state index in [1.165, 1.54) is 11.6 Å². The maximum absolute atomic E-state index is 10.2. The van der Waals surface area contributed by atoms with Crippen molar-refractivity contribution in [3.05, 3.63) is 75.8 Å². The van der Waals surface area contributed by atoms with Crippen molar-refractivity contribution < 1.29 is 4.92 Å². The van der Waals surface area contributed by atoms with Crippen LogP contribution in [-0.4, -0.2) is 4.92 Å². The third-order valence-electron chi connectivity index (χ3n) is 2.25. The molecule has 0 amide bonds. The molecule has 4 heteroatoms. The third-order valence-corrected chi connectivity index (χ3v) is 2.25. The molecule has 0 fully saturated rings. The molecule has 96 valence electrons. The van der Waals surface area contributed by atoms with E-state index in [9.17, 15) is 10.1 Å². The highest BCUT2D eigenvalue weighted by atomic mass is 127. The van der Waals surface area contributed by atoms with Crippen LogP contribution in [0.5, 0.6) is 0 Å². The van der Waals surface area contributed by atoms with Gasteiger partial charge in [-0.05, 0) is 13.8 Å². The van der Waals surface area contributed by atoms with Crippen LogP contribution in [0.15, 0.2) is 54.6 Å². The topological polar surface area (TPSA) is 43.1 Å². The second kappa shape index (κ2) is 8.63. The molecule has 2 rings (SSSR count). The predicted octanol–water partition coefficient (Wildman–Crippen LogP) is 4.52. The fourth-order valence-corrected chi connectivity index (χ4v) is 1.30. The molecule has 0 aliphatic heterocycles. The maximum Gasteiger partial charge on any atom is 0.272 e. The number of aryl methyl sites for hydroxylation is 2. The van der Waals surface area contributed by atoms with Gasteiger partial charge in [0.1, 0.15) is 0 Å². The zero-order valence-electron chi connectivity index (χ0n) is 10.4. The van der Waals surface area contributed by atoms with Crippen LogP contribution in [-0.2, 0) is 0 Å². The summed E-state index contributed by atoms with van der Waals surface area (Å²) in [4.78, 5) is 9.85. The predicted molar refractivity (Wildman–Crippen MR) is 84.4 cm³/mol. The number of nitrogens with zero attached hydrogens (tertiary/aromatic N) is 1. The molecule has 3 nitrogen and oxygen atoms in total. The average molecular weight is 357 g/mol. The van der Waals surface area contributed by atoms with Gasteiger partial charge in [0.05, 0.1) is 4.92 Å². The van der Waals surface area contributed by atoms with Crippen molar-refractivity contribution in [1.82, 2.24) is 0 Å². The zero-order valence-corrected chi connectivity index (χ0v) is 12.7. The Balaban J connectivity index is 0.000000321. The van der Waals surface area contributed by atoms with E-state index in [1.54, 1.807) is 25.1 Å². The van der Waals surface area contributed by atoms with Gasteiger partial charge in [-0.25, -0.2) is 0 Å². The van der Waals surface area contributed by atoms with E-state index >= 15 is 0 Å². The number of para-hydroxylation sites is 1. The Bertz CT molecular complexity index is 486. The van der Waals surface area contributed by atoms with Crippen LogP contribution >= 0.6 is 24.0 Å². The molecule has 0 aromatic heterocycles. The van der Waals surface area contributed by atoms with Gasteiger partial charge in [0.15, 0.2) is 0 Å². The first-order valence-electron chi connectivity index (χ1n) is 5.33. The van der Waals surface area contributed by atoms with Gasteiger partial charge in [0.25, 0.3) is 5.69 Å². The first-order chi connectivity index (χ1) is 8.11. The van der Waals surface area contributed by atoms with E-state index in [0.29, 0.717) is 5.56 Å². The van der Waals surface area contributed by atoms with E-state index in [4.69, 9.17) is 0 Å². The summed E-state index contributed by atoms with van der Waals surface area (Å²) in [6, 6.07) is 16.9. The molecule has 0 saturated carbocycles. The summed E-state index contributed by atoms with van der Waals surface area (Å²) in [7, 11) is 0. The Labute approximate surface area is 124 Å². The van der Waals surface area contributed by atoms with E-state index < -0.39 is 0 Å². The van der Waals surface area contributed by atoms with Crippen molar-refractivity contribution in [2.24, 2.45) is 0 Å². The highest BCUT2D eigenvalue weighted by molar-refractivity contribution is 14.0. The van der Waals surface area contributed by atoms with Crippen molar-refractivity contribution in [2.75, 3.05) is 0 Å². The Kier molecular flexibility index (Phi) is 7.94. The summed E-state index contributed by atoms with van der Waals surface area (Å²) in [6.07, 6.45) is 0. The Morgan fingerprint density at radius 1 is 0.889 bits per heavy atom. The molecule has 0 bridgehead atoms. The van der Waals surface area contributed by atoms with Crippen LogP contribution in [0.4, 0.5) is 5.69 Å². The molecule has 0 spiro atoms. The molecule has 0 saturated heterocycles. The zero-order chi connectivity index (χ0) is 12.7. The minimum absolute atomic E-state index is 0. The molecule has 0 atom stereocenters. The molecule has 2 aromatic rings. The molecule has 0 radical (unpaired) electrons. The number of nitro groups is 1. The largest absolute Gasteiger partial charge is 0.272 e. The van der Waals surface area contributed by atoms with Gasteiger partial charge in [-0.2, -0.15) is 0 Å². The number of hydrogen-bond acceptors (Lipinski definition) is 2. The molecule has 18 heavy (non-hydrogen) atoms. The van der Waals surface area contributed by atoms with Crippen LogP contribution in [0.25, 0.3) is 0 Å². The molecular formula is C14H16INO2. The molecule has 0 heterocycles. The van der Waals surface area contributed by atoms with Gasteiger partial charge in [-0.15, -0.1) is 24.0 Å². The SMILES string of the molecule is Cc1ccccc1.Cc1ccccc1[N+](=O)[O-].I. The molecule has 2 aromatic carbocycles. The van der Waals surface area contributed by atoms with Crippen LogP contribution in [0, 0.1) is 24.0 Å². The fourth-order valence-electron chi connectivity index (χ4n) is 1.30. The summed E-state index contributed by atoms with van der Waals surface area (Å²) in [5.74, 6) is 0. The van der Waals surface area contributed by atoms with Crippen molar-refractivity contribution >= 4 is 29.7 Å². The first kappa shape index (κ1) is 16.6. The highest BCUT2D eigenvalue weighted by Crippen LogP contribution is 2.14. The third kappa shape index (κ3) is 5.77. The molecule has 0 unspecified atom stereocenters. The summed E-state index contributed by atoms with van der Waals surface area (Å²) in [5, 5.41) is 10.2. The standard InChI is InChI=1S/C7H7NO2.C7H8.HI/c1-6-4-2-3-5-7(6)8(9)10;1-7-5-3-2-4-6-7;/h2-5H,1H3;2-6H,1H3;1H. The van der Waals surface area contributed by atoms with Gasteiger partial charge in [0, 0.05) is 11.6 Å². The molecule has 0 aliphatic carbocycles. The number of hydrogen-bond donors (Lipinski definition) is 0. The number of benzene rings is 2. The lowest BCUT2D eigenvalue weighted by Crippen LogP contribution is -1.89. The van der Waals surface area contributed by atoms with Crippen LogP contribution in [0.3, 0.4) is 0 Å². The smallest absolute Gasteiger partial charge is 0.258 e. The summed E-state index contributed by atoms with van der Waals surface area (Å²) in [5.41, 5.74) is 2.21. The van der Waals surface area contributed by atoms with Gasteiger partial charge >= 0.3 is 0 Å². The lowest BCUT2D eigenvalue weighted by Gasteiger charge is -1.92. The van der Waals surface area contributed by atoms with E-state index in [2.05, 4.69) is 19.1 Å². The molecule has 0 aliphatic rings. The normalized spacial score (nSPS) is 8.56. The first-order valence-corrected chi connectivity index (χ1v) is 5.33. The van der Waals surface area contributed by atoms with E-state index in [1.807, 2.05) is 18.2 Å². The van der Waals surface area contributed by atoms with Crippen LogP contribution < -0.4 is 0 Å². The fraction of sp³-hybridized carbons (Fsp3) is 0.143. The number of nitro benzene ring substituents is 1. The highest BCUT2D eigenvalue weighted by Gasteiger charge is 2.05. The van der Waals surface area contributed by atoms with Crippen molar-refractivity contribution in [2.45, 2.75) is 13.8 Å². The second-order valence-electron chi connectivity index (χ2n) is 3.70. The van der Waals surface area contributed by atoms with Gasteiger partial charge < -0.3 is 0 Å². The summed E-state index contributed by atoms with van der Waals surface area (Å²) < 4.78 is 0.